The maximum absolute atomic E-state index is 11.9. The van der Waals surface area contributed by atoms with Crippen LogP contribution in [0.4, 0.5) is 0 Å². The van der Waals surface area contributed by atoms with Crippen molar-refractivity contribution in [3.05, 3.63) is 47.6 Å². The molecule has 1 N–H and O–H groups in total. The molecule has 0 bridgehead atoms. The second kappa shape index (κ2) is 6.99. The third kappa shape index (κ3) is 4.13. The van der Waals surface area contributed by atoms with Gasteiger partial charge in [0.25, 0.3) is 0 Å². The summed E-state index contributed by atoms with van der Waals surface area (Å²) in [4.78, 5) is 16.1. The topological polar surface area (TPSA) is 77.2 Å². The van der Waals surface area contributed by atoms with Gasteiger partial charge in [0.05, 0.1) is 13.2 Å². The largest absolute Gasteiger partial charge is 0.468 e. The highest BCUT2D eigenvalue weighted by atomic mass is 16.5. The molecule has 0 saturated heterocycles. The van der Waals surface area contributed by atoms with E-state index in [4.69, 9.17) is 9.26 Å². The van der Waals surface area contributed by atoms with Gasteiger partial charge < -0.3 is 9.26 Å². The Kier molecular flexibility index (Phi) is 5.05. The van der Waals surface area contributed by atoms with E-state index in [2.05, 4.69) is 15.5 Å². The lowest BCUT2D eigenvalue weighted by Gasteiger charge is -2.19. The summed E-state index contributed by atoms with van der Waals surface area (Å²) < 4.78 is 9.82. The van der Waals surface area contributed by atoms with E-state index in [1.807, 2.05) is 37.3 Å². The van der Waals surface area contributed by atoms with Crippen molar-refractivity contribution in [1.82, 2.24) is 15.5 Å². The number of carbonyl (C=O) groups excluding carboxylic acids is 1. The zero-order chi connectivity index (χ0) is 15.2. The predicted octanol–water partition coefficient (Wildman–Crippen LogP) is 1.81. The second-order valence-corrected chi connectivity index (χ2v) is 4.83. The first-order chi connectivity index (χ1) is 10.1. The average molecular weight is 289 g/mol. The van der Waals surface area contributed by atoms with Crippen LogP contribution in [0.2, 0.25) is 0 Å². The summed E-state index contributed by atoms with van der Waals surface area (Å²) in [5, 5.41) is 7.05. The van der Waals surface area contributed by atoms with Crippen molar-refractivity contribution >= 4 is 5.97 Å². The molecule has 0 aliphatic heterocycles. The first-order valence-corrected chi connectivity index (χ1v) is 6.78. The Morgan fingerprint density at radius 1 is 1.38 bits per heavy atom. The molecule has 6 heteroatoms. The van der Waals surface area contributed by atoms with Crippen molar-refractivity contribution in [2.24, 2.45) is 0 Å². The average Bonchev–Trinajstić information content (AvgIpc) is 2.93. The van der Waals surface area contributed by atoms with Crippen LogP contribution in [0.1, 0.15) is 30.2 Å². The third-order valence-electron chi connectivity index (χ3n) is 3.15. The monoisotopic (exact) mass is 289 g/mol. The number of carbonyl (C=O) groups is 1. The van der Waals surface area contributed by atoms with Gasteiger partial charge in [0.2, 0.25) is 5.89 Å². The van der Waals surface area contributed by atoms with E-state index >= 15 is 0 Å². The zero-order valence-electron chi connectivity index (χ0n) is 12.4. The first kappa shape index (κ1) is 15.2. The zero-order valence-corrected chi connectivity index (χ0v) is 12.4. The second-order valence-electron chi connectivity index (χ2n) is 4.83. The summed E-state index contributed by atoms with van der Waals surface area (Å²) in [6, 6.07) is 9.09. The van der Waals surface area contributed by atoms with Gasteiger partial charge in [-0.2, -0.15) is 4.98 Å². The summed E-state index contributed by atoms with van der Waals surface area (Å²) in [6.07, 6.45) is 0.536. The summed E-state index contributed by atoms with van der Waals surface area (Å²) in [7, 11) is 1.38. The van der Waals surface area contributed by atoms with Crippen LogP contribution < -0.4 is 5.32 Å². The van der Waals surface area contributed by atoms with E-state index < -0.39 is 6.04 Å². The molecule has 0 spiro atoms. The normalized spacial score (nSPS) is 13.7. The van der Waals surface area contributed by atoms with Gasteiger partial charge in [-0.3, -0.25) is 10.1 Å². The Balaban J connectivity index is 2.07. The van der Waals surface area contributed by atoms with E-state index in [0.717, 1.165) is 5.56 Å². The number of esters is 1. The van der Waals surface area contributed by atoms with Gasteiger partial charge in [0, 0.05) is 6.92 Å². The summed E-state index contributed by atoms with van der Waals surface area (Å²) in [5.41, 5.74) is 1.05. The van der Waals surface area contributed by atoms with Gasteiger partial charge >= 0.3 is 5.97 Å². The predicted molar refractivity (Wildman–Crippen MR) is 76.5 cm³/mol. The molecule has 2 aromatic rings. The quantitative estimate of drug-likeness (QED) is 0.817. The SMILES string of the molecule is COC(=O)C(Cc1ccccc1)NC(C)c1noc(C)n1. The first-order valence-electron chi connectivity index (χ1n) is 6.78. The van der Waals surface area contributed by atoms with Gasteiger partial charge in [-0.05, 0) is 18.9 Å². The number of aromatic nitrogens is 2. The molecule has 0 aliphatic carbocycles. The fraction of sp³-hybridized carbons (Fsp3) is 0.400. The minimum Gasteiger partial charge on any atom is -0.468 e. The number of ether oxygens (including phenoxy) is 1. The number of methoxy groups -OCH3 is 1. The van der Waals surface area contributed by atoms with Gasteiger partial charge in [-0.1, -0.05) is 35.5 Å². The van der Waals surface area contributed by atoms with Crippen LogP contribution in [-0.2, 0) is 16.0 Å². The number of nitrogens with one attached hydrogen (secondary N) is 1. The number of aryl methyl sites for hydroxylation is 1. The van der Waals surface area contributed by atoms with Crippen molar-refractivity contribution in [3.8, 4) is 0 Å². The lowest BCUT2D eigenvalue weighted by Crippen LogP contribution is -2.41. The summed E-state index contributed by atoms with van der Waals surface area (Å²) >= 11 is 0. The third-order valence-corrected chi connectivity index (χ3v) is 3.15. The molecule has 112 valence electrons. The molecular formula is C15H19N3O3. The Morgan fingerprint density at radius 3 is 2.67 bits per heavy atom. The molecule has 6 nitrogen and oxygen atoms in total. The van der Waals surface area contributed by atoms with E-state index in [-0.39, 0.29) is 12.0 Å². The highest BCUT2D eigenvalue weighted by Gasteiger charge is 2.24. The smallest absolute Gasteiger partial charge is 0.323 e. The molecule has 0 fully saturated rings. The lowest BCUT2D eigenvalue weighted by atomic mass is 10.1. The van der Waals surface area contributed by atoms with E-state index in [1.54, 1.807) is 6.92 Å². The maximum atomic E-state index is 11.9. The van der Waals surface area contributed by atoms with Crippen LogP contribution in [0.15, 0.2) is 34.9 Å². The van der Waals surface area contributed by atoms with E-state index in [9.17, 15) is 4.79 Å². The van der Waals surface area contributed by atoms with Crippen molar-refractivity contribution in [2.45, 2.75) is 32.4 Å². The molecular weight excluding hydrogens is 270 g/mol. The molecule has 21 heavy (non-hydrogen) atoms. The number of hydrogen-bond acceptors (Lipinski definition) is 6. The van der Waals surface area contributed by atoms with Crippen LogP contribution in [0.25, 0.3) is 0 Å². The van der Waals surface area contributed by atoms with Gasteiger partial charge in [0.15, 0.2) is 5.82 Å². The van der Waals surface area contributed by atoms with Crippen molar-refractivity contribution < 1.29 is 14.1 Å². The fourth-order valence-electron chi connectivity index (χ4n) is 2.07. The Bertz CT molecular complexity index is 583. The van der Waals surface area contributed by atoms with E-state index in [1.165, 1.54) is 7.11 Å². The maximum Gasteiger partial charge on any atom is 0.323 e. The van der Waals surface area contributed by atoms with E-state index in [0.29, 0.717) is 18.1 Å². The van der Waals surface area contributed by atoms with Crippen LogP contribution in [0.5, 0.6) is 0 Å². The Morgan fingerprint density at radius 2 is 2.10 bits per heavy atom. The molecule has 2 rings (SSSR count). The highest BCUT2D eigenvalue weighted by Crippen LogP contribution is 2.12. The number of benzene rings is 1. The van der Waals surface area contributed by atoms with Gasteiger partial charge in [-0.25, -0.2) is 0 Å². The molecule has 0 saturated carbocycles. The van der Waals surface area contributed by atoms with Crippen LogP contribution in [0, 0.1) is 6.92 Å². The van der Waals surface area contributed by atoms with Gasteiger partial charge in [0.1, 0.15) is 6.04 Å². The minimum absolute atomic E-state index is 0.213. The van der Waals surface area contributed by atoms with Crippen molar-refractivity contribution in [1.29, 1.82) is 0 Å². The molecule has 2 unspecified atom stereocenters. The standard InChI is InChI=1S/C15H19N3O3/c1-10(14-17-11(2)21-18-14)16-13(15(19)20-3)9-12-7-5-4-6-8-12/h4-8,10,13,16H,9H2,1-3H3. The number of rotatable bonds is 6. The highest BCUT2D eigenvalue weighted by molar-refractivity contribution is 5.76. The number of hydrogen-bond donors (Lipinski definition) is 1. The summed E-state index contributed by atoms with van der Waals surface area (Å²) in [6.45, 7) is 3.61. The molecule has 1 aromatic carbocycles. The fourth-order valence-corrected chi connectivity index (χ4v) is 2.07. The lowest BCUT2D eigenvalue weighted by molar-refractivity contribution is -0.143. The van der Waals surface area contributed by atoms with Crippen LogP contribution in [0.3, 0.4) is 0 Å². The van der Waals surface area contributed by atoms with Crippen LogP contribution >= 0.6 is 0 Å². The number of nitrogens with zero attached hydrogens (tertiary/aromatic N) is 2. The molecule has 2 atom stereocenters. The summed E-state index contributed by atoms with van der Waals surface area (Å²) in [5.74, 6) is 0.705. The molecule has 0 amide bonds. The minimum atomic E-state index is -0.466. The van der Waals surface area contributed by atoms with Crippen molar-refractivity contribution in [2.75, 3.05) is 7.11 Å². The Hall–Kier alpha value is -2.21. The molecule has 1 heterocycles. The van der Waals surface area contributed by atoms with Crippen molar-refractivity contribution in [3.63, 3.8) is 0 Å². The van der Waals surface area contributed by atoms with Gasteiger partial charge in [-0.15, -0.1) is 0 Å². The molecule has 0 radical (unpaired) electrons. The Labute approximate surface area is 123 Å². The molecule has 1 aromatic heterocycles. The van der Waals surface area contributed by atoms with Crippen LogP contribution in [-0.4, -0.2) is 29.3 Å². The molecule has 0 aliphatic rings.